The quantitative estimate of drug-likeness (QED) is 0.765. The van der Waals surface area contributed by atoms with Gasteiger partial charge < -0.3 is 15.0 Å². The van der Waals surface area contributed by atoms with Crippen LogP contribution in [0, 0.1) is 0 Å². The molecule has 1 aromatic heterocycles. The van der Waals surface area contributed by atoms with E-state index in [1.807, 2.05) is 0 Å². The fourth-order valence-electron chi connectivity index (χ4n) is 3.22. The molecule has 1 aliphatic heterocycles. The van der Waals surface area contributed by atoms with Gasteiger partial charge in [0.1, 0.15) is 11.8 Å². The molecule has 9 heteroatoms. The van der Waals surface area contributed by atoms with E-state index in [2.05, 4.69) is 10.3 Å². The summed E-state index contributed by atoms with van der Waals surface area (Å²) >= 11 is 0. The van der Waals surface area contributed by atoms with Crippen LogP contribution in [0.2, 0.25) is 0 Å². The third-order valence-electron chi connectivity index (χ3n) is 4.34. The van der Waals surface area contributed by atoms with Crippen LogP contribution in [0.25, 0.3) is 10.9 Å². The average Bonchev–Trinajstić information content (AvgIpc) is 2.91. The normalized spacial score (nSPS) is 20.5. The zero-order chi connectivity index (χ0) is 20.7. The number of nitrogens with one attached hydrogen (secondary N) is 1. The maximum atomic E-state index is 14.5. The number of benzene rings is 1. The second-order valence-electron chi connectivity index (χ2n) is 7.70. The molecule has 1 N–H and O–H groups in total. The van der Waals surface area contributed by atoms with Crippen molar-refractivity contribution < 1.29 is 27.1 Å². The van der Waals surface area contributed by atoms with Gasteiger partial charge in [0.2, 0.25) is 0 Å². The summed E-state index contributed by atoms with van der Waals surface area (Å²) in [6, 6.07) is 4.49. The summed E-state index contributed by atoms with van der Waals surface area (Å²) in [7, 11) is 0. The third-order valence-corrected chi connectivity index (χ3v) is 4.34. The summed E-state index contributed by atoms with van der Waals surface area (Å²) in [6.45, 7) is 5.14. The van der Waals surface area contributed by atoms with E-state index < -0.39 is 35.6 Å². The minimum atomic E-state index is -4.54. The second kappa shape index (κ2) is 7.10. The lowest BCUT2D eigenvalue weighted by molar-refractivity contribution is -0.136. The van der Waals surface area contributed by atoms with E-state index in [1.165, 1.54) is 24.4 Å². The fourth-order valence-corrected chi connectivity index (χ4v) is 3.22. The SMILES string of the molecule is CC(C)(C)OC(=O)N[C@@H]1CN(c2ccc(C(F)(F)F)c3ncccc23)C[C@@H]1F. The highest BCUT2D eigenvalue weighted by molar-refractivity contribution is 5.94. The molecular formula is C19H21F4N3O2. The van der Waals surface area contributed by atoms with Crippen LogP contribution in [0.5, 0.6) is 0 Å². The molecule has 0 bridgehead atoms. The fraction of sp³-hybridized carbons (Fsp3) is 0.474. The van der Waals surface area contributed by atoms with E-state index in [0.717, 1.165) is 6.07 Å². The lowest BCUT2D eigenvalue weighted by Gasteiger charge is -2.23. The molecule has 0 unspecified atom stereocenters. The Morgan fingerprint density at radius 2 is 1.93 bits per heavy atom. The number of ether oxygens (including phenoxy) is 1. The molecule has 2 aromatic rings. The number of hydrogen-bond donors (Lipinski definition) is 1. The molecule has 2 heterocycles. The van der Waals surface area contributed by atoms with E-state index in [4.69, 9.17) is 4.74 Å². The van der Waals surface area contributed by atoms with Crippen LogP contribution in [-0.4, -0.2) is 42.0 Å². The minimum absolute atomic E-state index is 0.0597. The molecule has 0 radical (unpaired) electrons. The number of alkyl halides is 4. The van der Waals surface area contributed by atoms with E-state index in [9.17, 15) is 22.4 Å². The van der Waals surface area contributed by atoms with E-state index in [0.29, 0.717) is 5.69 Å². The van der Waals surface area contributed by atoms with E-state index >= 15 is 0 Å². The van der Waals surface area contributed by atoms with Crippen molar-refractivity contribution in [3.8, 4) is 0 Å². The smallest absolute Gasteiger partial charge is 0.418 e. The van der Waals surface area contributed by atoms with Gasteiger partial charge in [-0.05, 0) is 45.0 Å². The lowest BCUT2D eigenvalue weighted by Crippen LogP contribution is -2.44. The van der Waals surface area contributed by atoms with Crippen LogP contribution in [-0.2, 0) is 10.9 Å². The Hall–Kier alpha value is -2.58. The highest BCUT2D eigenvalue weighted by Gasteiger charge is 2.38. The van der Waals surface area contributed by atoms with Gasteiger partial charge in [0.05, 0.1) is 23.7 Å². The Balaban J connectivity index is 1.85. The zero-order valence-electron chi connectivity index (χ0n) is 15.7. The van der Waals surface area contributed by atoms with Crippen molar-refractivity contribution in [2.24, 2.45) is 0 Å². The number of halogens is 4. The zero-order valence-corrected chi connectivity index (χ0v) is 15.7. The topological polar surface area (TPSA) is 54.5 Å². The number of nitrogens with zero attached hydrogens (tertiary/aromatic N) is 2. The minimum Gasteiger partial charge on any atom is -0.444 e. The summed E-state index contributed by atoms with van der Waals surface area (Å²) in [4.78, 5) is 17.4. The van der Waals surface area contributed by atoms with Crippen molar-refractivity contribution in [1.82, 2.24) is 10.3 Å². The monoisotopic (exact) mass is 399 g/mol. The number of carbonyl (C=O) groups is 1. The number of amides is 1. The number of anilines is 1. The number of carbonyl (C=O) groups excluding carboxylic acids is 1. The first-order chi connectivity index (χ1) is 13.0. The molecule has 3 rings (SSSR count). The first-order valence-corrected chi connectivity index (χ1v) is 8.79. The number of hydrogen-bond acceptors (Lipinski definition) is 4. The molecule has 1 fully saturated rings. The Morgan fingerprint density at radius 1 is 1.21 bits per heavy atom. The van der Waals surface area contributed by atoms with Crippen molar-refractivity contribution in [1.29, 1.82) is 0 Å². The Bertz CT molecular complexity index is 880. The van der Waals surface area contributed by atoms with Gasteiger partial charge in [0, 0.05) is 23.8 Å². The van der Waals surface area contributed by atoms with E-state index in [-0.39, 0.29) is 24.0 Å². The van der Waals surface area contributed by atoms with Crippen LogP contribution in [0.1, 0.15) is 26.3 Å². The first-order valence-electron chi connectivity index (χ1n) is 8.79. The predicted molar refractivity (Wildman–Crippen MR) is 97.0 cm³/mol. The molecule has 28 heavy (non-hydrogen) atoms. The Morgan fingerprint density at radius 3 is 2.57 bits per heavy atom. The van der Waals surface area contributed by atoms with Crippen LogP contribution in [0.3, 0.4) is 0 Å². The summed E-state index contributed by atoms with van der Waals surface area (Å²) in [5.41, 5.74) is -1.31. The molecule has 1 saturated heterocycles. The summed E-state index contributed by atoms with van der Waals surface area (Å²) in [6.07, 6.45) is -5.38. The van der Waals surface area contributed by atoms with Crippen molar-refractivity contribution in [3.05, 3.63) is 36.0 Å². The molecule has 5 nitrogen and oxygen atoms in total. The van der Waals surface area contributed by atoms with Gasteiger partial charge in [0.15, 0.2) is 0 Å². The summed E-state index contributed by atoms with van der Waals surface area (Å²) in [5, 5.41) is 2.78. The molecule has 1 aromatic carbocycles. The van der Waals surface area contributed by atoms with Crippen LogP contribution < -0.4 is 10.2 Å². The van der Waals surface area contributed by atoms with Crippen LogP contribution in [0.15, 0.2) is 30.5 Å². The number of rotatable bonds is 2. The Kier molecular flexibility index (Phi) is 5.12. The van der Waals surface area contributed by atoms with Gasteiger partial charge in [0.25, 0.3) is 0 Å². The van der Waals surface area contributed by atoms with Crippen molar-refractivity contribution in [2.75, 3.05) is 18.0 Å². The first kappa shape index (κ1) is 20.2. The van der Waals surface area contributed by atoms with Gasteiger partial charge in [-0.3, -0.25) is 4.98 Å². The Labute approximate surface area is 159 Å². The molecule has 1 amide bonds. The number of pyridine rings is 1. The highest BCUT2D eigenvalue weighted by atomic mass is 19.4. The standard InChI is InChI=1S/C19H21F4N3O2/c1-18(2,3)28-17(27)25-14-10-26(9-13(14)20)15-7-6-12(19(21,22)23)16-11(15)5-4-8-24-16/h4-8,13-14H,9-10H2,1-3H3,(H,25,27)/t13-,14+/m0/s1. The van der Waals surface area contributed by atoms with E-state index in [1.54, 1.807) is 25.7 Å². The number of alkyl carbamates (subject to hydrolysis) is 1. The van der Waals surface area contributed by atoms with Gasteiger partial charge in [-0.25, -0.2) is 9.18 Å². The predicted octanol–water partition coefficient (Wildman–Crippen LogP) is 4.31. The summed E-state index contributed by atoms with van der Waals surface area (Å²) < 4.78 is 59.4. The molecular weight excluding hydrogens is 378 g/mol. The molecule has 1 aliphatic rings. The van der Waals surface area contributed by atoms with Gasteiger partial charge in [-0.2, -0.15) is 13.2 Å². The average molecular weight is 399 g/mol. The van der Waals surface area contributed by atoms with Crippen LogP contribution in [0.4, 0.5) is 28.0 Å². The molecule has 2 atom stereocenters. The number of aromatic nitrogens is 1. The molecule has 0 aliphatic carbocycles. The maximum absolute atomic E-state index is 14.5. The van der Waals surface area contributed by atoms with Crippen molar-refractivity contribution >= 4 is 22.7 Å². The molecule has 0 spiro atoms. The molecule has 0 saturated carbocycles. The van der Waals surface area contributed by atoms with Crippen molar-refractivity contribution in [2.45, 2.75) is 44.8 Å². The van der Waals surface area contributed by atoms with Gasteiger partial charge >= 0.3 is 12.3 Å². The van der Waals surface area contributed by atoms with Crippen LogP contribution >= 0.6 is 0 Å². The number of fused-ring (bicyclic) bond motifs is 1. The second-order valence-corrected chi connectivity index (χ2v) is 7.70. The lowest BCUT2D eigenvalue weighted by atomic mass is 10.1. The third kappa shape index (κ3) is 4.28. The molecule has 152 valence electrons. The largest absolute Gasteiger partial charge is 0.444 e. The van der Waals surface area contributed by atoms with Gasteiger partial charge in [-0.1, -0.05) is 0 Å². The highest BCUT2D eigenvalue weighted by Crippen LogP contribution is 2.38. The maximum Gasteiger partial charge on any atom is 0.418 e. The van der Waals surface area contributed by atoms with Crippen molar-refractivity contribution in [3.63, 3.8) is 0 Å². The summed E-state index contributed by atoms with van der Waals surface area (Å²) in [5.74, 6) is 0. The van der Waals surface area contributed by atoms with Gasteiger partial charge in [-0.15, -0.1) is 0 Å².